The Morgan fingerprint density at radius 3 is 2.30 bits per heavy atom. The number of halogens is 2. The van der Waals surface area contributed by atoms with Crippen LogP contribution in [0.5, 0.6) is 0 Å². The van der Waals surface area contributed by atoms with Gasteiger partial charge in [-0.2, -0.15) is 5.26 Å². The smallest absolute Gasteiger partial charge is 0.305 e. The second-order valence-electron chi connectivity index (χ2n) is 4.29. The molecule has 5 nitrogen and oxygen atoms in total. The van der Waals surface area contributed by atoms with E-state index in [4.69, 9.17) is 33.4 Å². The van der Waals surface area contributed by atoms with E-state index in [1.807, 2.05) is 6.07 Å². The molecule has 0 bridgehead atoms. The third kappa shape index (κ3) is 3.86. The Morgan fingerprint density at radius 2 is 1.85 bits per heavy atom. The fraction of sp³-hybridized carbons (Fsp3) is 0.308. The van der Waals surface area contributed by atoms with Crippen LogP contribution in [0.1, 0.15) is 24.8 Å². The van der Waals surface area contributed by atoms with Crippen molar-refractivity contribution in [2.45, 2.75) is 24.7 Å². The minimum atomic E-state index is -1.45. The molecule has 0 aliphatic heterocycles. The highest BCUT2D eigenvalue weighted by molar-refractivity contribution is 6.42. The van der Waals surface area contributed by atoms with Crippen LogP contribution in [0.3, 0.4) is 0 Å². The fourth-order valence-electron chi connectivity index (χ4n) is 1.87. The Balaban J connectivity index is 3.26. The molecule has 20 heavy (non-hydrogen) atoms. The zero-order chi connectivity index (χ0) is 15.3. The number of carboxylic acid groups (broad SMARTS) is 2. The van der Waals surface area contributed by atoms with Crippen molar-refractivity contribution in [3.8, 4) is 6.07 Å². The molecule has 0 amide bonds. The number of benzene rings is 1. The first-order valence-electron chi connectivity index (χ1n) is 5.61. The van der Waals surface area contributed by atoms with Gasteiger partial charge in [0.2, 0.25) is 0 Å². The van der Waals surface area contributed by atoms with Crippen LogP contribution < -0.4 is 0 Å². The van der Waals surface area contributed by atoms with Gasteiger partial charge < -0.3 is 10.2 Å². The summed E-state index contributed by atoms with van der Waals surface area (Å²) in [5.74, 6) is -2.29. The van der Waals surface area contributed by atoms with Gasteiger partial charge in [-0.3, -0.25) is 9.59 Å². The zero-order valence-electron chi connectivity index (χ0n) is 10.3. The maximum atomic E-state index is 11.0. The van der Waals surface area contributed by atoms with Gasteiger partial charge in [0.25, 0.3) is 0 Å². The summed E-state index contributed by atoms with van der Waals surface area (Å²) in [6.45, 7) is 0. The van der Waals surface area contributed by atoms with Crippen molar-refractivity contribution >= 4 is 35.1 Å². The topological polar surface area (TPSA) is 98.4 Å². The first kappa shape index (κ1) is 16.3. The quantitative estimate of drug-likeness (QED) is 0.840. The van der Waals surface area contributed by atoms with Crippen LogP contribution in [-0.2, 0) is 15.0 Å². The highest BCUT2D eigenvalue weighted by Gasteiger charge is 2.36. The molecular formula is C13H11Cl2NO4. The van der Waals surface area contributed by atoms with Crippen LogP contribution in [0.2, 0.25) is 10.0 Å². The molecule has 7 heteroatoms. The Bertz CT molecular complexity index is 582. The Hall–Kier alpha value is -1.77. The molecule has 0 fully saturated rings. The maximum absolute atomic E-state index is 11.0. The van der Waals surface area contributed by atoms with E-state index in [1.165, 1.54) is 18.2 Å². The van der Waals surface area contributed by atoms with E-state index in [0.717, 1.165) is 0 Å². The van der Waals surface area contributed by atoms with Crippen molar-refractivity contribution in [3.63, 3.8) is 0 Å². The molecule has 106 valence electrons. The lowest BCUT2D eigenvalue weighted by atomic mass is 9.75. The minimum absolute atomic E-state index is 0.122. The molecule has 0 spiro atoms. The van der Waals surface area contributed by atoms with Crippen molar-refractivity contribution in [1.29, 1.82) is 5.26 Å². The number of aliphatic carboxylic acids is 2. The molecule has 0 aliphatic rings. The standard InChI is InChI=1S/C13H11Cl2NO4/c14-9-2-1-8(5-10(9)15)13(7-16,6-12(19)20)4-3-11(17)18/h1-2,5H,3-4,6H2,(H,17,18)(H,19,20). The van der Waals surface area contributed by atoms with Gasteiger partial charge in [0.15, 0.2) is 0 Å². The lowest BCUT2D eigenvalue weighted by molar-refractivity contribution is -0.140. The first-order valence-corrected chi connectivity index (χ1v) is 6.37. The number of hydrogen-bond donors (Lipinski definition) is 2. The van der Waals surface area contributed by atoms with Crippen LogP contribution >= 0.6 is 23.2 Å². The van der Waals surface area contributed by atoms with E-state index in [1.54, 1.807) is 0 Å². The Labute approximate surface area is 125 Å². The van der Waals surface area contributed by atoms with Gasteiger partial charge in [0, 0.05) is 6.42 Å². The molecule has 1 atom stereocenters. The molecule has 1 rings (SSSR count). The zero-order valence-corrected chi connectivity index (χ0v) is 11.8. The SMILES string of the molecule is N#CC(CCC(=O)O)(CC(=O)O)c1ccc(Cl)c(Cl)c1. The molecule has 0 aromatic heterocycles. The van der Waals surface area contributed by atoms with Crippen LogP contribution in [0.25, 0.3) is 0 Å². The number of hydrogen-bond acceptors (Lipinski definition) is 3. The monoisotopic (exact) mass is 315 g/mol. The summed E-state index contributed by atoms with van der Waals surface area (Å²) in [5, 5.41) is 27.5. The van der Waals surface area contributed by atoms with Gasteiger partial charge in [-0.1, -0.05) is 29.3 Å². The molecule has 0 heterocycles. The van der Waals surface area contributed by atoms with Crippen molar-refractivity contribution in [2.24, 2.45) is 0 Å². The van der Waals surface area contributed by atoms with Crippen LogP contribution in [0.15, 0.2) is 18.2 Å². The molecule has 1 aromatic rings. The first-order chi connectivity index (χ1) is 9.30. The second-order valence-corrected chi connectivity index (χ2v) is 5.10. The van der Waals surface area contributed by atoms with E-state index >= 15 is 0 Å². The number of rotatable bonds is 6. The molecule has 0 aliphatic carbocycles. The summed E-state index contributed by atoms with van der Waals surface area (Å²) >= 11 is 11.7. The van der Waals surface area contributed by atoms with Gasteiger partial charge in [-0.05, 0) is 24.1 Å². The highest BCUT2D eigenvalue weighted by atomic mass is 35.5. The van der Waals surface area contributed by atoms with Gasteiger partial charge in [0.1, 0.15) is 0 Å². The number of nitrogens with zero attached hydrogens (tertiary/aromatic N) is 1. The number of carbonyl (C=O) groups is 2. The summed E-state index contributed by atoms with van der Waals surface area (Å²) in [5.41, 5.74) is -1.10. The van der Waals surface area contributed by atoms with Crippen LogP contribution in [-0.4, -0.2) is 22.2 Å². The van der Waals surface area contributed by atoms with Gasteiger partial charge >= 0.3 is 11.9 Å². The molecule has 1 aromatic carbocycles. The van der Waals surface area contributed by atoms with E-state index in [2.05, 4.69) is 0 Å². The summed E-state index contributed by atoms with van der Waals surface area (Å²) in [4.78, 5) is 21.7. The largest absolute Gasteiger partial charge is 0.481 e. The molecule has 1 unspecified atom stereocenters. The van der Waals surface area contributed by atoms with E-state index in [9.17, 15) is 14.9 Å². The van der Waals surface area contributed by atoms with Crippen molar-refractivity contribution in [3.05, 3.63) is 33.8 Å². The molecule has 0 radical (unpaired) electrons. The number of nitriles is 1. The second kappa shape index (κ2) is 6.60. The van der Waals surface area contributed by atoms with Crippen LogP contribution in [0, 0.1) is 11.3 Å². The van der Waals surface area contributed by atoms with Gasteiger partial charge in [-0.25, -0.2) is 0 Å². The fourth-order valence-corrected chi connectivity index (χ4v) is 2.17. The van der Waals surface area contributed by atoms with Gasteiger partial charge in [-0.15, -0.1) is 0 Å². The predicted octanol–water partition coefficient (Wildman–Crippen LogP) is 3.09. The van der Waals surface area contributed by atoms with Crippen molar-refractivity contribution < 1.29 is 19.8 Å². The summed E-state index contributed by atoms with van der Waals surface area (Å²) in [6.07, 6.45) is -0.946. The minimum Gasteiger partial charge on any atom is -0.481 e. The summed E-state index contributed by atoms with van der Waals surface area (Å²) in [6, 6.07) is 6.26. The Morgan fingerprint density at radius 1 is 1.20 bits per heavy atom. The van der Waals surface area contributed by atoms with Crippen molar-refractivity contribution in [2.75, 3.05) is 0 Å². The maximum Gasteiger partial charge on any atom is 0.305 e. The molecular weight excluding hydrogens is 305 g/mol. The average molecular weight is 316 g/mol. The van der Waals surface area contributed by atoms with Crippen molar-refractivity contribution in [1.82, 2.24) is 0 Å². The Kier molecular flexibility index (Phi) is 5.37. The van der Waals surface area contributed by atoms with Crippen LogP contribution in [0.4, 0.5) is 0 Å². The number of carboxylic acids is 2. The third-order valence-corrected chi connectivity index (χ3v) is 3.64. The van der Waals surface area contributed by atoms with E-state index in [-0.39, 0.29) is 22.9 Å². The summed E-state index contributed by atoms with van der Waals surface area (Å²) < 4.78 is 0. The average Bonchev–Trinajstić information content (AvgIpc) is 2.37. The highest BCUT2D eigenvalue weighted by Crippen LogP contribution is 2.36. The van der Waals surface area contributed by atoms with Gasteiger partial charge in [0.05, 0.1) is 28.0 Å². The molecule has 0 saturated heterocycles. The predicted molar refractivity (Wildman–Crippen MR) is 72.9 cm³/mol. The lowest BCUT2D eigenvalue weighted by Crippen LogP contribution is -2.28. The molecule has 0 saturated carbocycles. The van der Waals surface area contributed by atoms with E-state index < -0.39 is 23.8 Å². The normalized spacial score (nSPS) is 13.2. The summed E-state index contributed by atoms with van der Waals surface area (Å²) in [7, 11) is 0. The third-order valence-electron chi connectivity index (χ3n) is 2.90. The molecule has 2 N–H and O–H groups in total. The lowest BCUT2D eigenvalue weighted by Gasteiger charge is -2.25. The van der Waals surface area contributed by atoms with E-state index in [0.29, 0.717) is 5.56 Å².